The molecule has 0 aromatic heterocycles. The molecule has 0 saturated heterocycles. The third-order valence-electron chi connectivity index (χ3n) is 11.8. The standard InChI is InChI=1S/C55H49N/c1-40-29-34-47(56(48-35-30-43(31-36-48)41-17-5-2-6-18-41)49-37-32-44(33-38-49)42-19-7-3-8-20-42)24-12-11-23-46(39-40)55-52-27-15-13-25-50(52)54(45-21-9-4-10-22-45)51-26-14-16-28-53(51)55/h2-11,17-24,29-39H,1,12-16,25-28H2/b23-11-,34-29-,46-39+,47-24+. The molecule has 3 aliphatic rings. The number of anilines is 2. The van der Waals surface area contributed by atoms with Crippen LogP contribution in [-0.4, -0.2) is 0 Å². The lowest BCUT2D eigenvalue weighted by atomic mass is 9.72. The van der Waals surface area contributed by atoms with Gasteiger partial charge >= 0.3 is 0 Å². The second-order valence-electron chi connectivity index (χ2n) is 15.4. The summed E-state index contributed by atoms with van der Waals surface area (Å²) < 4.78 is 0. The van der Waals surface area contributed by atoms with Gasteiger partial charge in [0.2, 0.25) is 0 Å². The average Bonchev–Trinajstić information content (AvgIpc) is 3.27. The summed E-state index contributed by atoms with van der Waals surface area (Å²) in [7, 11) is 0. The smallest absolute Gasteiger partial charge is 0.0461 e. The monoisotopic (exact) mass is 723 g/mol. The molecule has 0 N–H and O–H groups in total. The molecule has 6 aromatic rings. The van der Waals surface area contributed by atoms with Gasteiger partial charge in [0.05, 0.1) is 0 Å². The van der Waals surface area contributed by atoms with Crippen LogP contribution in [0.2, 0.25) is 0 Å². The Bertz CT molecular complexity index is 2340. The molecular formula is C55H49N. The molecule has 6 aromatic carbocycles. The molecule has 0 amide bonds. The molecule has 1 nitrogen and oxygen atoms in total. The number of fused-ring (bicyclic) bond motifs is 2. The van der Waals surface area contributed by atoms with Crippen molar-refractivity contribution in [3.05, 3.63) is 222 Å². The van der Waals surface area contributed by atoms with Gasteiger partial charge in [-0.25, -0.2) is 0 Å². The number of benzene rings is 6. The normalized spacial score (nSPS) is 18.3. The Hall–Kier alpha value is -6.18. The van der Waals surface area contributed by atoms with E-state index < -0.39 is 0 Å². The van der Waals surface area contributed by atoms with Crippen molar-refractivity contribution in [1.29, 1.82) is 0 Å². The summed E-state index contributed by atoms with van der Waals surface area (Å²) in [6.07, 6.45) is 24.4. The van der Waals surface area contributed by atoms with E-state index in [1.54, 1.807) is 27.8 Å². The van der Waals surface area contributed by atoms with Crippen LogP contribution in [0.4, 0.5) is 11.4 Å². The first-order valence-corrected chi connectivity index (χ1v) is 20.5. The minimum atomic E-state index is 0.816. The largest absolute Gasteiger partial charge is 0.311 e. The van der Waals surface area contributed by atoms with E-state index in [-0.39, 0.29) is 0 Å². The fourth-order valence-corrected chi connectivity index (χ4v) is 9.16. The van der Waals surface area contributed by atoms with Crippen LogP contribution in [0.25, 0.3) is 39.0 Å². The van der Waals surface area contributed by atoms with Gasteiger partial charge in [-0.15, -0.1) is 0 Å². The van der Waals surface area contributed by atoms with Gasteiger partial charge in [0, 0.05) is 17.1 Å². The molecule has 3 aliphatic carbocycles. The molecule has 1 heteroatoms. The molecule has 0 atom stereocenters. The van der Waals surface area contributed by atoms with Crippen molar-refractivity contribution in [3.8, 4) is 33.4 Å². The lowest BCUT2D eigenvalue weighted by molar-refractivity contribution is 0.658. The van der Waals surface area contributed by atoms with E-state index in [4.69, 9.17) is 0 Å². The molecule has 0 saturated carbocycles. The molecule has 9 rings (SSSR count). The first-order chi connectivity index (χ1) is 27.7. The maximum atomic E-state index is 4.64. The molecule has 0 spiro atoms. The second-order valence-corrected chi connectivity index (χ2v) is 15.4. The summed E-state index contributed by atoms with van der Waals surface area (Å²) in [6, 6.07) is 50.4. The Kier molecular flexibility index (Phi) is 10.3. The number of hydrogen-bond acceptors (Lipinski definition) is 1. The fraction of sp³-hybridized carbons (Fsp3) is 0.164. The van der Waals surface area contributed by atoms with Crippen molar-refractivity contribution in [3.63, 3.8) is 0 Å². The van der Waals surface area contributed by atoms with Crippen molar-refractivity contribution in [2.75, 3.05) is 4.90 Å². The lowest BCUT2D eigenvalue weighted by Gasteiger charge is -2.32. The maximum absolute atomic E-state index is 4.64. The van der Waals surface area contributed by atoms with Crippen LogP contribution in [0.1, 0.15) is 59.9 Å². The van der Waals surface area contributed by atoms with E-state index in [1.165, 1.54) is 64.6 Å². The minimum absolute atomic E-state index is 0.816. The van der Waals surface area contributed by atoms with Crippen LogP contribution in [0.15, 0.2) is 194 Å². The molecule has 56 heavy (non-hydrogen) atoms. The van der Waals surface area contributed by atoms with Crippen molar-refractivity contribution < 1.29 is 0 Å². The highest BCUT2D eigenvalue weighted by Crippen LogP contribution is 2.45. The van der Waals surface area contributed by atoms with Crippen LogP contribution in [-0.2, 0) is 25.7 Å². The number of rotatable bonds is 7. The molecular weight excluding hydrogens is 675 g/mol. The van der Waals surface area contributed by atoms with Crippen LogP contribution in [0.3, 0.4) is 0 Å². The van der Waals surface area contributed by atoms with E-state index in [2.05, 4.69) is 187 Å². The van der Waals surface area contributed by atoms with Gasteiger partial charge in [-0.2, -0.15) is 0 Å². The Morgan fingerprint density at radius 1 is 0.411 bits per heavy atom. The molecule has 0 fully saturated rings. The predicted octanol–water partition coefficient (Wildman–Crippen LogP) is 14.6. The summed E-state index contributed by atoms with van der Waals surface area (Å²) >= 11 is 0. The fourth-order valence-electron chi connectivity index (χ4n) is 9.16. The first kappa shape index (κ1) is 35.5. The number of nitrogens with zero attached hydrogens (tertiary/aromatic N) is 1. The molecule has 0 heterocycles. The highest BCUT2D eigenvalue weighted by atomic mass is 15.1. The molecule has 0 bridgehead atoms. The summed E-state index contributed by atoms with van der Waals surface area (Å²) in [5.41, 5.74) is 21.3. The van der Waals surface area contributed by atoms with E-state index in [0.717, 1.165) is 54.7 Å². The van der Waals surface area contributed by atoms with Crippen LogP contribution in [0.5, 0.6) is 0 Å². The SMILES string of the molecule is C=C1/C=C\C(N(c2ccc(-c3ccccc3)cc2)c2ccc(-c3ccccc3)cc2)=C/C/C=C\C(c2c3c(c(-c4ccccc4)c4c2CCCC4)CCCC3)=C/1. The van der Waals surface area contributed by atoms with Crippen LogP contribution < -0.4 is 4.90 Å². The van der Waals surface area contributed by atoms with Crippen LogP contribution in [0, 0.1) is 0 Å². The zero-order chi connectivity index (χ0) is 37.7. The zero-order valence-electron chi connectivity index (χ0n) is 32.3. The van der Waals surface area contributed by atoms with Gasteiger partial charge in [-0.05, 0) is 167 Å². The van der Waals surface area contributed by atoms with Gasteiger partial charge in [0.1, 0.15) is 0 Å². The van der Waals surface area contributed by atoms with Gasteiger partial charge in [0.25, 0.3) is 0 Å². The first-order valence-electron chi connectivity index (χ1n) is 20.5. The molecule has 274 valence electrons. The van der Waals surface area contributed by atoms with Crippen molar-refractivity contribution in [2.24, 2.45) is 0 Å². The van der Waals surface area contributed by atoms with Gasteiger partial charge in [0.15, 0.2) is 0 Å². The highest BCUT2D eigenvalue weighted by molar-refractivity contribution is 5.87. The number of hydrogen-bond donors (Lipinski definition) is 0. The Balaban J connectivity index is 1.10. The summed E-state index contributed by atoms with van der Waals surface area (Å²) in [4.78, 5) is 2.38. The minimum Gasteiger partial charge on any atom is -0.311 e. The van der Waals surface area contributed by atoms with Gasteiger partial charge < -0.3 is 4.90 Å². The van der Waals surface area contributed by atoms with Crippen molar-refractivity contribution >= 4 is 16.9 Å². The Morgan fingerprint density at radius 2 is 0.839 bits per heavy atom. The Labute approximate surface area is 333 Å². The summed E-state index contributed by atoms with van der Waals surface area (Å²) in [6.45, 7) is 4.64. The summed E-state index contributed by atoms with van der Waals surface area (Å²) in [5.74, 6) is 0. The van der Waals surface area contributed by atoms with E-state index >= 15 is 0 Å². The van der Waals surface area contributed by atoms with Crippen LogP contribution >= 0.6 is 0 Å². The Morgan fingerprint density at radius 3 is 1.32 bits per heavy atom. The van der Waals surface area contributed by atoms with E-state index in [9.17, 15) is 0 Å². The van der Waals surface area contributed by atoms with E-state index in [1.807, 2.05) is 0 Å². The zero-order valence-corrected chi connectivity index (χ0v) is 32.3. The third-order valence-corrected chi connectivity index (χ3v) is 11.8. The topological polar surface area (TPSA) is 3.24 Å². The number of allylic oxidation sites excluding steroid dienone is 8. The van der Waals surface area contributed by atoms with Gasteiger partial charge in [-0.3, -0.25) is 0 Å². The third kappa shape index (κ3) is 7.30. The lowest BCUT2D eigenvalue weighted by Crippen LogP contribution is -2.17. The quantitative estimate of drug-likeness (QED) is 0.159. The highest BCUT2D eigenvalue weighted by Gasteiger charge is 2.28. The van der Waals surface area contributed by atoms with Crippen molar-refractivity contribution in [1.82, 2.24) is 0 Å². The molecule has 0 radical (unpaired) electrons. The molecule has 0 unspecified atom stereocenters. The van der Waals surface area contributed by atoms with E-state index in [0.29, 0.717) is 0 Å². The maximum Gasteiger partial charge on any atom is 0.0461 e. The predicted molar refractivity (Wildman–Crippen MR) is 239 cm³/mol. The summed E-state index contributed by atoms with van der Waals surface area (Å²) in [5, 5.41) is 0. The average molecular weight is 724 g/mol. The second kappa shape index (κ2) is 16.3. The van der Waals surface area contributed by atoms with Gasteiger partial charge in [-0.1, -0.05) is 146 Å². The van der Waals surface area contributed by atoms with Crippen molar-refractivity contribution in [2.45, 2.75) is 57.8 Å². The molecule has 0 aliphatic heterocycles.